The van der Waals surface area contributed by atoms with Gasteiger partial charge in [0.2, 0.25) is 0 Å². The number of nitrogens with one attached hydrogen (secondary N) is 1. The number of urea groups is 1. The van der Waals surface area contributed by atoms with Crippen molar-refractivity contribution in [2.75, 3.05) is 31.3 Å². The molecule has 2 amide bonds. The molecule has 108 valence electrons. The van der Waals surface area contributed by atoms with Gasteiger partial charge in [-0.1, -0.05) is 0 Å². The third-order valence-electron chi connectivity index (χ3n) is 3.63. The number of likely N-dealkylation sites (N-methyl/N-ethyl adjacent to an activating group) is 1. The molecule has 2 aliphatic heterocycles. The van der Waals surface area contributed by atoms with Gasteiger partial charge in [0.05, 0.1) is 19.3 Å². The number of aliphatic carboxylic acids is 1. The molecule has 6 nitrogen and oxygen atoms in total. The van der Waals surface area contributed by atoms with Gasteiger partial charge in [-0.25, -0.2) is 4.79 Å². The molecule has 0 bridgehead atoms. The van der Waals surface area contributed by atoms with E-state index in [9.17, 15) is 9.59 Å². The van der Waals surface area contributed by atoms with E-state index in [2.05, 4.69) is 5.32 Å². The standard InChI is InChI=1S/C12H20N2O4S/c1-2-14(10-6-18-5-9(10)11(15)16)12(17)13-8-3-4-19-7-8/h8-10H,2-7H2,1H3,(H,13,17)(H,15,16). The average Bonchev–Trinajstić information content (AvgIpc) is 3.00. The molecule has 2 aliphatic rings. The van der Waals surface area contributed by atoms with Crippen LogP contribution >= 0.6 is 11.8 Å². The van der Waals surface area contributed by atoms with Gasteiger partial charge >= 0.3 is 12.0 Å². The number of carboxylic acid groups (broad SMARTS) is 1. The minimum absolute atomic E-state index is 0.170. The fourth-order valence-corrected chi connectivity index (χ4v) is 3.67. The number of hydrogen-bond donors (Lipinski definition) is 2. The summed E-state index contributed by atoms with van der Waals surface area (Å²) >= 11 is 1.83. The Morgan fingerprint density at radius 1 is 1.47 bits per heavy atom. The fourth-order valence-electron chi connectivity index (χ4n) is 2.52. The first-order valence-corrected chi connectivity index (χ1v) is 7.74. The quantitative estimate of drug-likeness (QED) is 0.793. The predicted octanol–water partition coefficient (Wildman–Crippen LogP) is 0.623. The summed E-state index contributed by atoms with van der Waals surface area (Å²) in [6, 6.07) is -0.328. The van der Waals surface area contributed by atoms with Gasteiger partial charge in [0.15, 0.2) is 0 Å². The van der Waals surface area contributed by atoms with Crippen molar-refractivity contribution in [1.29, 1.82) is 0 Å². The molecule has 2 N–H and O–H groups in total. The van der Waals surface area contributed by atoms with Gasteiger partial charge in [0, 0.05) is 18.3 Å². The number of nitrogens with zero attached hydrogens (tertiary/aromatic N) is 1. The first kappa shape index (κ1) is 14.5. The van der Waals surface area contributed by atoms with Gasteiger partial charge in [-0.3, -0.25) is 4.79 Å². The second-order valence-corrected chi connectivity index (χ2v) is 6.00. The van der Waals surface area contributed by atoms with E-state index in [-0.39, 0.29) is 24.7 Å². The summed E-state index contributed by atoms with van der Waals surface area (Å²) in [6.07, 6.45) is 0.984. The number of ether oxygens (including phenoxy) is 1. The van der Waals surface area contributed by atoms with Crippen LogP contribution in [0, 0.1) is 5.92 Å². The Kier molecular flexibility index (Phi) is 4.93. The second-order valence-electron chi connectivity index (χ2n) is 4.85. The monoisotopic (exact) mass is 288 g/mol. The summed E-state index contributed by atoms with van der Waals surface area (Å²) < 4.78 is 5.23. The Labute approximate surface area is 116 Å². The number of amides is 2. The number of carboxylic acids is 1. The highest BCUT2D eigenvalue weighted by Crippen LogP contribution is 2.21. The van der Waals surface area contributed by atoms with Crippen molar-refractivity contribution in [2.45, 2.75) is 25.4 Å². The highest BCUT2D eigenvalue weighted by Gasteiger charge is 2.39. The van der Waals surface area contributed by atoms with Gasteiger partial charge in [-0.2, -0.15) is 11.8 Å². The topological polar surface area (TPSA) is 78.9 Å². The molecule has 0 radical (unpaired) electrons. The van der Waals surface area contributed by atoms with Gasteiger partial charge in [-0.05, 0) is 19.1 Å². The summed E-state index contributed by atoms with van der Waals surface area (Å²) in [7, 11) is 0. The number of carbonyl (C=O) groups excluding carboxylic acids is 1. The van der Waals surface area contributed by atoms with E-state index in [1.54, 1.807) is 4.90 Å². The molecule has 0 aromatic rings. The molecule has 7 heteroatoms. The maximum Gasteiger partial charge on any atom is 0.317 e. The zero-order valence-corrected chi connectivity index (χ0v) is 11.8. The van der Waals surface area contributed by atoms with Crippen LogP contribution in [-0.4, -0.2) is 65.4 Å². The lowest BCUT2D eigenvalue weighted by Gasteiger charge is -2.30. The van der Waals surface area contributed by atoms with Crippen molar-refractivity contribution in [1.82, 2.24) is 10.2 Å². The van der Waals surface area contributed by atoms with Gasteiger partial charge in [-0.15, -0.1) is 0 Å². The third kappa shape index (κ3) is 3.33. The van der Waals surface area contributed by atoms with Gasteiger partial charge < -0.3 is 20.1 Å². The molecule has 2 fully saturated rings. The first-order valence-electron chi connectivity index (χ1n) is 6.59. The van der Waals surface area contributed by atoms with Crippen LogP contribution in [0.2, 0.25) is 0 Å². The SMILES string of the molecule is CCN(C(=O)NC1CCSC1)C1COCC1C(=O)O. The Hall–Kier alpha value is -0.950. The first-order chi connectivity index (χ1) is 9.13. The molecule has 0 saturated carbocycles. The molecule has 0 spiro atoms. The molecular formula is C12H20N2O4S. The highest BCUT2D eigenvalue weighted by molar-refractivity contribution is 7.99. The molecule has 2 saturated heterocycles. The van der Waals surface area contributed by atoms with Crippen LogP contribution in [-0.2, 0) is 9.53 Å². The Morgan fingerprint density at radius 2 is 2.26 bits per heavy atom. The van der Waals surface area contributed by atoms with E-state index in [1.807, 2.05) is 18.7 Å². The number of thioether (sulfide) groups is 1. The molecule has 2 heterocycles. The lowest BCUT2D eigenvalue weighted by molar-refractivity contribution is -0.142. The smallest absolute Gasteiger partial charge is 0.317 e. The summed E-state index contributed by atoms with van der Waals surface area (Å²) in [6.45, 7) is 2.84. The minimum atomic E-state index is -0.898. The summed E-state index contributed by atoms with van der Waals surface area (Å²) in [4.78, 5) is 25.0. The molecule has 0 aliphatic carbocycles. The number of hydrogen-bond acceptors (Lipinski definition) is 4. The van der Waals surface area contributed by atoms with Crippen molar-refractivity contribution in [2.24, 2.45) is 5.92 Å². The predicted molar refractivity (Wildman–Crippen MR) is 72.4 cm³/mol. The van der Waals surface area contributed by atoms with Crippen molar-refractivity contribution in [3.8, 4) is 0 Å². The zero-order chi connectivity index (χ0) is 13.8. The van der Waals surface area contributed by atoms with Crippen LogP contribution in [0.1, 0.15) is 13.3 Å². The summed E-state index contributed by atoms with van der Waals surface area (Å²) in [5.74, 6) is 0.489. The van der Waals surface area contributed by atoms with Crippen LogP contribution in [0.5, 0.6) is 0 Å². The largest absolute Gasteiger partial charge is 0.481 e. The fraction of sp³-hybridized carbons (Fsp3) is 0.833. The summed E-state index contributed by atoms with van der Waals surface area (Å²) in [5, 5.41) is 12.1. The van der Waals surface area contributed by atoms with Crippen LogP contribution < -0.4 is 5.32 Å². The Morgan fingerprint density at radius 3 is 2.84 bits per heavy atom. The molecule has 2 rings (SSSR count). The van der Waals surface area contributed by atoms with Gasteiger partial charge in [0.25, 0.3) is 0 Å². The van der Waals surface area contributed by atoms with Crippen LogP contribution in [0.25, 0.3) is 0 Å². The van der Waals surface area contributed by atoms with E-state index in [1.165, 1.54) is 0 Å². The molecule has 19 heavy (non-hydrogen) atoms. The Bertz CT molecular complexity index is 347. The number of carbonyl (C=O) groups is 2. The Balaban J connectivity index is 1.97. The van der Waals surface area contributed by atoms with E-state index < -0.39 is 11.9 Å². The van der Waals surface area contributed by atoms with E-state index in [0.717, 1.165) is 17.9 Å². The molecule has 0 aromatic heterocycles. The van der Waals surface area contributed by atoms with Gasteiger partial charge in [0.1, 0.15) is 5.92 Å². The van der Waals surface area contributed by atoms with Crippen molar-refractivity contribution < 1.29 is 19.4 Å². The zero-order valence-electron chi connectivity index (χ0n) is 11.0. The highest BCUT2D eigenvalue weighted by atomic mass is 32.2. The van der Waals surface area contributed by atoms with Crippen molar-refractivity contribution >= 4 is 23.8 Å². The minimum Gasteiger partial charge on any atom is -0.481 e. The van der Waals surface area contributed by atoms with Crippen molar-refractivity contribution in [3.63, 3.8) is 0 Å². The van der Waals surface area contributed by atoms with Crippen LogP contribution in [0.4, 0.5) is 4.79 Å². The van der Waals surface area contributed by atoms with E-state index in [0.29, 0.717) is 13.2 Å². The maximum absolute atomic E-state index is 12.2. The van der Waals surface area contributed by atoms with E-state index in [4.69, 9.17) is 9.84 Å². The normalized spacial score (nSPS) is 30.3. The lowest BCUT2D eigenvalue weighted by Crippen LogP contribution is -2.52. The van der Waals surface area contributed by atoms with Crippen molar-refractivity contribution in [3.05, 3.63) is 0 Å². The molecular weight excluding hydrogens is 268 g/mol. The van der Waals surface area contributed by atoms with E-state index >= 15 is 0 Å². The lowest BCUT2D eigenvalue weighted by atomic mass is 10.0. The maximum atomic E-state index is 12.2. The summed E-state index contributed by atoms with van der Waals surface area (Å²) in [5.41, 5.74) is 0. The van der Waals surface area contributed by atoms with Crippen LogP contribution in [0.3, 0.4) is 0 Å². The molecule has 3 unspecified atom stereocenters. The average molecular weight is 288 g/mol. The number of rotatable bonds is 4. The third-order valence-corrected chi connectivity index (χ3v) is 4.79. The molecule has 3 atom stereocenters. The molecule has 0 aromatic carbocycles. The second kappa shape index (κ2) is 6.47. The van der Waals surface area contributed by atoms with Crippen LogP contribution in [0.15, 0.2) is 0 Å².